The molecule has 0 aliphatic carbocycles. The number of rotatable bonds is 5. The quantitative estimate of drug-likeness (QED) is 0.778. The first kappa shape index (κ1) is 18.2. The molecule has 25 heavy (non-hydrogen) atoms. The van der Waals surface area contributed by atoms with Crippen LogP contribution in [0.3, 0.4) is 0 Å². The second-order valence-corrected chi connectivity index (χ2v) is 8.01. The van der Waals surface area contributed by atoms with Crippen LogP contribution in [-0.2, 0) is 19.6 Å². The van der Waals surface area contributed by atoms with Crippen LogP contribution in [0.5, 0.6) is 5.75 Å². The van der Waals surface area contributed by atoms with E-state index < -0.39 is 16.1 Å². The Morgan fingerprint density at radius 2 is 1.88 bits per heavy atom. The summed E-state index contributed by atoms with van der Waals surface area (Å²) in [6, 6.07) is 5.75. The fourth-order valence-corrected chi connectivity index (χ4v) is 4.93. The molecule has 0 bridgehead atoms. The maximum atomic E-state index is 13.0. The van der Waals surface area contributed by atoms with Crippen molar-refractivity contribution in [1.29, 1.82) is 0 Å². The summed E-state index contributed by atoms with van der Waals surface area (Å²) in [5, 5.41) is 0. The van der Waals surface area contributed by atoms with Crippen molar-refractivity contribution in [2.45, 2.75) is 30.7 Å². The molecule has 1 aromatic rings. The molecule has 0 spiro atoms. The van der Waals surface area contributed by atoms with E-state index in [2.05, 4.69) is 0 Å². The van der Waals surface area contributed by atoms with Crippen LogP contribution in [0, 0.1) is 0 Å². The van der Waals surface area contributed by atoms with Crippen molar-refractivity contribution in [1.82, 2.24) is 9.21 Å². The van der Waals surface area contributed by atoms with E-state index in [-0.39, 0.29) is 10.8 Å². The van der Waals surface area contributed by atoms with E-state index >= 15 is 0 Å². The molecule has 2 fully saturated rings. The number of ether oxygens (including phenoxy) is 2. The average Bonchev–Trinajstić information content (AvgIpc) is 3.13. The van der Waals surface area contributed by atoms with Gasteiger partial charge in [-0.25, -0.2) is 8.42 Å². The Balaban J connectivity index is 1.79. The Bertz CT molecular complexity index is 698. The van der Waals surface area contributed by atoms with Gasteiger partial charge in [-0.2, -0.15) is 4.31 Å². The van der Waals surface area contributed by atoms with Crippen molar-refractivity contribution in [3.8, 4) is 5.75 Å². The van der Waals surface area contributed by atoms with E-state index in [0.29, 0.717) is 58.0 Å². The van der Waals surface area contributed by atoms with Crippen molar-refractivity contribution < 1.29 is 22.7 Å². The Kier molecular flexibility index (Phi) is 5.61. The van der Waals surface area contributed by atoms with E-state index in [9.17, 15) is 13.2 Å². The molecule has 1 atom stereocenters. The first-order valence-corrected chi connectivity index (χ1v) is 10.1. The number of sulfonamides is 1. The van der Waals surface area contributed by atoms with E-state index in [1.165, 1.54) is 16.4 Å². The van der Waals surface area contributed by atoms with E-state index in [1.807, 2.05) is 6.92 Å². The number of carbonyl (C=O) groups is 1. The summed E-state index contributed by atoms with van der Waals surface area (Å²) >= 11 is 0. The second kappa shape index (κ2) is 7.72. The van der Waals surface area contributed by atoms with Crippen LogP contribution in [0.25, 0.3) is 0 Å². The van der Waals surface area contributed by atoms with Gasteiger partial charge in [-0.1, -0.05) is 0 Å². The van der Waals surface area contributed by atoms with Crippen molar-refractivity contribution in [2.24, 2.45) is 0 Å². The molecule has 1 aromatic carbocycles. The van der Waals surface area contributed by atoms with Crippen LogP contribution in [-0.4, -0.2) is 69.0 Å². The number of carbonyl (C=O) groups excluding carboxylic acids is 1. The van der Waals surface area contributed by atoms with Gasteiger partial charge in [0.1, 0.15) is 11.8 Å². The zero-order valence-electron chi connectivity index (χ0n) is 14.4. The summed E-state index contributed by atoms with van der Waals surface area (Å²) in [5.74, 6) is 0.513. The largest absolute Gasteiger partial charge is 0.494 e. The van der Waals surface area contributed by atoms with Gasteiger partial charge in [-0.3, -0.25) is 4.79 Å². The number of morpholine rings is 1. The molecule has 8 heteroatoms. The summed E-state index contributed by atoms with van der Waals surface area (Å²) in [5.41, 5.74) is 0. The zero-order valence-corrected chi connectivity index (χ0v) is 15.2. The molecule has 2 saturated heterocycles. The summed E-state index contributed by atoms with van der Waals surface area (Å²) in [4.78, 5) is 14.7. The molecule has 0 unspecified atom stereocenters. The molecule has 3 rings (SSSR count). The van der Waals surface area contributed by atoms with E-state index in [4.69, 9.17) is 9.47 Å². The Morgan fingerprint density at radius 3 is 2.52 bits per heavy atom. The van der Waals surface area contributed by atoms with E-state index in [0.717, 1.165) is 0 Å². The highest BCUT2D eigenvalue weighted by atomic mass is 32.2. The van der Waals surface area contributed by atoms with Gasteiger partial charge in [0.05, 0.1) is 24.7 Å². The van der Waals surface area contributed by atoms with Gasteiger partial charge >= 0.3 is 0 Å². The van der Waals surface area contributed by atoms with Crippen molar-refractivity contribution in [3.05, 3.63) is 24.3 Å². The SMILES string of the molecule is CCOc1ccc(S(=O)(=O)N2CCC[C@@H]2C(=O)N2CCOCC2)cc1. The van der Waals surface area contributed by atoms with Crippen LogP contribution in [0.4, 0.5) is 0 Å². The average molecular weight is 368 g/mol. The lowest BCUT2D eigenvalue weighted by Gasteiger charge is -2.32. The molecule has 2 aliphatic rings. The summed E-state index contributed by atoms with van der Waals surface area (Å²) in [6.45, 7) is 4.81. The maximum absolute atomic E-state index is 13.0. The minimum atomic E-state index is -3.70. The van der Waals surface area contributed by atoms with Gasteiger partial charge in [-0.05, 0) is 44.0 Å². The smallest absolute Gasteiger partial charge is 0.243 e. The van der Waals surface area contributed by atoms with Crippen LogP contribution >= 0.6 is 0 Å². The highest BCUT2D eigenvalue weighted by Crippen LogP contribution is 2.28. The number of amides is 1. The standard InChI is InChI=1S/C17H24N2O5S/c1-2-24-14-5-7-15(8-6-14)25(21,22)19-9-3-4-16(19)17(20)18-10-12-23-13-11-18/h5-8,16H,2-4,9-13H2,1H3/t16-/m1/s1. The van der Waals surface area contributed by atoms with Crippen LogP contribution in [0.2, 0.25) is 0 Å². The topological polar surface area (TPSA) is 76.2 Å². The molecule has 2 aliphatic heterocycles. The highest BCUT2D eigenvalue weighted by molar-refractivity contribution is 7.89. The molecular weight excluding hydrogens is 344 g/mol. The van der Waals surface area contributed by atoms with Gasteiger partial charge < -0.3 is 14.4 Å². The van der Waals surface area contributed by atoms with Gasteiger partial charge in [0.25, 0.3) is 0 Å². The molecular formula is C17H24N2O5S. The number of hydrogen-bond donors (Lipinski definition) is 0. The Labute approximate surface area is 148 Å². The molecule has 1 amide bonds. The van der Waals surface area contributed by atoms with Crippen molar-refractivity contribution in [3.63, 3.8) is 0 Å². The third-order valence-electron chi connectivity index (χ3n) is 4.55. The highest BCUT2D eigenvalue weighted by Gasteiger charge is 2.41. The monoisotopic (exact) mass is 368 g/mol. The predicted molar refractivity (Wildman–Crippen MR) is 91.9 cm³/mol. The van der Waals surface area contributed by atoms with Crippen LogP contribution < -0.4 is 4.74 Å². The maximum Gasteiger partial charge on any atom is 0.243 e. The summed E-state index contributed by atoms with van der Waals surface area (Å²) in [7, 11) is -3.70. The fourth-order valence-electron chi connectivity index (χ4n) is 3.28. The molecule has 0 aromatic heterocycles. The Morgan fingerprint density at radius 1 is 1.20 bits per heavy atom. The lowest BCUT2D eigenvalue weighted by molar-refractivity contribution is -0.138. The first-order valence-electron chi connectivity index (χ1n) is 8.65. The molecule has 0 radical (unpaired) electrons. The minimum absolute atomic E-state index is 0.115. The van der Waals surface area contributed by atoms with Gasteiger partial charge in [0, 0.05) is 19.6 Å². The number of nitrogens with zero attached hydrogens (tertiary/aromatic N) is 2. The van der Waals surface area contributed by atoms with Crippen LogP contribution in [0.15, 0.2) is 29.2 Å². The normalized spacial score (nSPS) is 22.1. The molecule has 138 valence electrons. The number of benzene rings is 1. The molecule has 0 saturated carbocycles. The number of hydrogen-bond acceptors (Lipinski definition) is 5. The summed E-state index contributed by atoms with van der Waals surface area (Å²) < 4.78 is 38.0. The lowest BCUT2D eigenvalue weighted by Crippen LogP contribution is -2.50. The molecule has 7 nitrogen and oxygen atoms in total. The first-order chi connectivity index (χ1) is 12.0. The van der Waals surface area contributed by atoms with Crippen molar-refractivity contribution >= 4 is 15.9 Å². The minimum Gasteiger partial charge on any atom is -0.494 e. The Hall–Kier alpha value is -1.64. The second-order valence-electron chi connectivity index (χ2n) is 6.12. The third-order valence-corrected chi connectivity index (χ3v) is 6.48. The zero-order chi connectivity index (χ0) is 17.9. The predicted octanol–water partition coefficient (Wildman–Crippen LogP) is 1.10. The van der Waals surface area contributed by atoms with Gasteiger partial charge in [0.2, 0.25) is 15.9 Å². The summed E-state index contributed by atoms with van der Waals surface area (Å²) in [6.07, 6.45) is 1.25. The lowest BCUT2D eigenvalue weighted by atomic mass is 10.2. The fraction of sp³-hybridized carbons (Fsp3) is 0.588. The van der Waals surface area contributed by atoms with Crippen molar-refractivity contribution in [2.75, 3.05) is 39.5 Å². The molecule has 2 heterocycles. The molecule has 0 N–H and O–H groups in total. The van der Waals surface area contributed by atoms with Crippen LogP contribution in [0.1, 0.15) is 19.8 Å². The van der Waals surface area contributed by atoms with Gasteiger partial charge in [-0.15, -0.1) is 0 Å². The van der Waals surface area contributed by atoms with E-state index in [1.54, 1.807) is 17.0 Å². The van der Waals surface area contributed by atoms with Gasteiger partial charge in [0.15, 0.2) is 0 Å². The third kappa shape index (κ3) is 3.80.